The molecule has 0 radical (unpaired) electrons. The number of nitrogens with two attached hydrogens (primary N) is 1. The quantitative estimate of drug-likeness (QED) is 0.894. The summed E-state index contributed by atoms with van der Waals surface area (Å²) in [6, 6.07) is 2.08. The molecule has 0 spiro atoms. The first kappa shape index (κ1) is 14.9. The smallest absolute Gasteiger partial charge is 0.226 e. The van der Waals surface area contributed by atoms with Crippen molar-refractivity contribution in [2.24, 2.45) is 5.73 Å². The van der Waals surface area contributed by atoms with Crippen LogP contribution in [0.25, 0.3) is 0 Å². The molecule has 0 unspecified atom stereocenters. The van der Waals surface area contributed by atoms with Crippen LogP contribution in [0.15, 0.2) is 12.1 Å². The van der Waals surface area contributed by atoms with Gasteiger partial charge in [-0.25, -0.2) is 8.78 Å². The summed E-state index contributed by atoms with van der Waals surface area (Å²) < 4.78 is 27.1. The topological polar surface area (TPSA) is 55.1 Å². The first-order valence-corrected chi connectivity index (χ1v) is 6.94. The highest BCUT2D eigenvalue weighted by Crippen LogP contribution is 2.29. The number of rotatable bonds is 3. The Hall–Kier alpha value is -1.49. The molecule has 1 saturated carbocycles. The summed E-state index contributed by atoms with van der Waals surface area (Å²) in [4.78, 5) is 12.0. The highest BCUT2D eigenvalue weighted by molar-refractivity contribution is 5.91. The van der Waals surface area contributed by atoms with Gasteiger partial charge in [-0.3, -0.25) is 4.79 Å². The molecule has 1 fully saturated rings. The van der Waals surface area contributed by atoms with Crippen molar-refractivity contribution >= 4 is 11.6 Å². The van der Waals surface area contributed by atoms with Crippen LogP contribution in [-0.4, -0.2) is 11.4 Å². The number of aryl methyl sites for hydroxylation is 1. The average Bonchev–Trinajstić information content (AvgIpc) is 2.36. The predicted octanol–water partition coefficient (Wildman–Crippen LogP) is 3.26. The standard InChI is InChI=1S/C15H20F2N2O/c1-10-7-12(17)13(8-11(10)16)19-14(20)9-15(18)5-3-2-4-6-15/h7-8H,2-6,9,18H2,1H3,(H,19,20). The van der Waals surface area contributed by atoms with E-state index in [-0.39, 0.29) is 23.6 Å². The van der Waals surface area contributed by atoms with E-state index in [1.807, 2.05) is 0 Å². The van der Waals surface area contributed by atoms with E-state index in [0.717, 1.165) is 44.2 Å². The lowest BCUT2D eigenvalue weighted by Crippen LogP contribution is -2.44. The molecule has 1 amide bonds. The Kier molecular flexibility index (Phi) is 4.38. The van der Waals surface area contributed by atoms with Crippen LogP contribution in [0.1, 0.15) is 44.1 Å². The summed E-state index contributed by atoms with van der Waals surface area (Å²) in [5, 5.41) is 2.42. The second-order valence-electron chi connectivity index (χ2n) is 5.73. The highest BCUT2D eigenvalue weighted by atomic mass is 19.1. The summed E-state index contributed by atoms with van der Waals surface area (Å²) in [6.07, 6.45) is 4.89. The Morgan fingerprint density at radius 2 is 1.90 bits per heavy atom. The third-order valence-corrected chi connectivity index (χ3v) is 3.88. The Morgan fingerprint density at radius 3 is 2.55 bits per heavy atom. The van der Waals surface area contributed by atoms with Gasteiger partial charge in [0.2, 0.25) is 5.91 Å². The van der Waals surface area contributed by atoms with Crippen LogP contribution in [-0.2, 0) is 4.79 Å². The van der Waals surface area contributed by atoms with Gasteiger partial charge in [0.15, 0.2) is 0 Å². The third-order valence-electron chi connectivity index (χ3n) is 3.88. The number of carbonyl (C=O) groups is 1. The third kappa shape index (κ3) is 3.54. The van der Waals surface area contributed by atoms with E-state index in [2.05, 4.69) is 5.32 Å². The molecular formula is C15H20F2N2O. The molecule has 110 valence electrons. The maximum atomic E-state index is 13.7. The molecule has 20 heavy (non-hydrogen) atoms. The predicted molar refractivity (Wildman–Crippen MR) is 74.3 cm³/mol. The van der Waals surface area contributed by atoms with Crippen molar-refractivity contribution in [2.75, 3.05) is 5.32 Å². The van der Waals surface area contributed by atoms with Gasteiger partial charge >= 0.3 is 0 Å². The Balaban J connectivity index is 2.03. The molecule has 1 aromatic carbocycles. The number of halogens is 2. The van der Waals surface area contributed by atoms with E-state index in [4.69, 9.17) is 5.73 Å². The maximum absolute atomic E-state index is 13.7. The summed E-state index contributed by atoms with van der Waals surface area (Å²) >= 11 is 0. The molecular weight excluding hydrogens is 262 g/mol. The molecule has 0 atom stereocenters. The van der Waals surface area contributed by atoms with E-state index < -0.39 is 17.2 Å². The second-order valence-corrected chi connectivity index (χ2v) is 5.73. The van der Waals surface area contributed by atoms with Gasteiger partial charge < -0.3 is 11.1 Å². The average molecular weight is 282 g/mol. The SMILES string of the molecule is Cc1cc(F)c(NC(=O)CC2(N)CCCCC2)cc1F. The summed E-state index contributed by atoms with van der Waals surface area (Å²) in [6.45, 7) is 1.47. The molecule has 0 aliphatic heterocycles. The van der Waals surface area contributed by atoms with Gasteiger partial charge in [-0.15, -0.1) is 0 Å². The number of carbonyl (C=O) groups excluding carboxylic acids is 1. The first-order valence-electron chi connectivity index (χ1n) is 6.94. The molecule has 3 N–H and O–H groups in total. The molecule has 0 bridgehead atoms. The van der Waals surface area contributed by atoms with Crippen LogP contribution in [0.2, 0.25) is 0 Å². The molecule has 0 aromatic heterocycles. The lowest BCUT2D eigenvalue weighted by molar-refractivity contribution is -0.117. The largest absolute Gasteiger partial charge is 0.325 e. The van der Waals surface area contributed by atoms with Gasteiger partial charge in [0, 0.05) is 18.0 Å². The molecule has 1 aromatic rings. The van der Waals surface area contributed by atoms with E-state index in [9.17, 15) is 13.6 Å². The van der Waals surface area contributed by atoms with Crippen molar-refractivity contribution in [1.82, 2.24) is 0 Å². The summed E-state index contributed by atoms with van der Waals surface area (Å²) in [5.74, 6) is -1.54. The molecule has 2 rings (SSSR count). The van der Waals surface area contributed by atoms with Gasteiger partial charge in [0.05, 0.1) is 5.69 Å². The number of anilines is 1. The van der Waals surface area contributed by atoms with Crippen molar-refractivity contribution < 1.29 is 13.6 Å². The van der Waals surface area contributed by atoms with E-state index in [1.165, 1.54) is 6.92 Å². The zero-order valence-electron chi connectivity index (χ0n) is 11.6. The number of hydrogen-bond donors (Lipinski definition) is 2. The highest BCUT2D eigenvalue weighted by Gasteiger charge is 2.30. The number of benzene rings is 1. The first-order chi connectivity index (χ1) is 9.39. The van der Waals surface area contributed by atoms with Gasteiger partial charge in [-0.05, 0) is 31.4 Å². The van der Waals surface area contributed by atoms with Crippen LogP contribution >= 0.6 is 0 Å². The van der Waals surface area contributed by atoms with Crippen LogP contribution in [0.3, 0.4) is 0 Å². The van der Waals surface area contributed by atoms with Gasteiger partial charge in [0.1, 0.15) is 11.6 Å². The zero-order valence-corrected chi connectivity index (χ0v) is 11.6. The fourth-order valence-electron chi connectivity index (χ4n) is 2.69. The van der Waals surface area contributed by atoms with Crippen molar-refractivity contribution in [1.29, 1.82) is 0 Å². The summed E-state index contributed by atoms with van der Waals surface area (Å²) in [5.41, 5.74) is 5.75. The molecule has 0 saturated heterocycles. The fraction of sp³-hybridized carbons (Fsp3) is 0.533. The lowest BCUT2D eigenvalue weighted by atomic mass is 9.80. The Morgan fingerprint density at radius 1 is 1.25 bits per heavy atom. The maximum Gasteiger partial charge on any atom is 0.226 e. The normalized spacial score (nSPS) is 17.8. The van der Waals surface area contributed by atoms with Crippen LogP contribution < -0.4 is 11.1 Å². The lowest BCUT2D eigenvalue weighted by Gasteiger charge is -2.32. The van der Waals surface area contributed by atoms with Crippen LogP contribution in [0, 0.1) is 18.6 Å². The van der Waals surface area contributed by atoms with Crippen LogP contribution in [0.4, 0.5) is 14.5 Å². The van der Waals surface area contributed by atoms with Gasteiger partial charge in [-0.1, -0.05) is 19.3 Å². The van der Waals surface area contributed by atoms with E-state index in [0.29, 0.717) is 0 Å². The van der Waals surface area contributed by atoms with Crippen molar-refractivity contribution in [3.05, 3.63) is 29.3 Å². The van der Waals surface area contributed by atoms with Crippen LogP contribution in [0.5, 0.6) is 0 Å². The minimum atomic E-state index is -0.632. The fourth-order valence-corrected chi connectivity index (χ4v) is 2.69. The van der Waals surface area contributed by atoms with Crippen molar-refractivity contribution in [2.45, 2.75) is 51.0 Å². The monoisotopic (exact) mass is 282 g/mol. The van der Waals surface area contributed by atoms with Crippen molar-refractivity contribution in [3.63, 3.8) is 0 Å². The number of amides is 1. The molecule has 1 aliphatic rings. The van der Waals surface area contributed by atoms with Crippen molar-refractivity contribution in [3.8, 4) is 0 Å². The Labute approximate surface area is 117 Å². The molecule has 1 aliphatic carbocycles. The van der Waals surface area contributed by atoms with Gasteiger partial charge in [-0.2, -0.15) is 0 Å². The number of nitrogens with one attached hydrogen (secondary N) is 1. The minimum Gasteiger partial charge on any atom is -0.325 e. The molecule has 0 heterocycles. The summed E-state index contributed by atoms with van der Waals surface area (Å²) in [7, 11) is 0. The van der Waals surface area contributed by atoms with E-state index in [1.54, 1.807) is 0 Å². The number of hydrogen-bond acceptors (Lipinski definition) is 2. The zero-order chi connectivity index (χ0) is 14.8. The Bertz CT molecular complexity index is 511. The van der Waals surface area contributed by atoms with E-state index >= 15 is 0 Å². The second kappa shape index (κ2) is 5.87. The van der Waals surface area contributed by atoms with Gasteiger partial charge in [0.25, 0.3) is 0 Å². The molecule has 5 heteroatoms. The molecule has 3 nitrogen and oxygen atoms in total. The minimum absolute atomic E-state index is 0.127.